The van der Waals surface area contributed by atoms with Crippen molar-refractivity contribution < 1.29 is 13.2 Å². The molecular formula is C13H11F3N2O. The Kier molecular flexibility index (Phi) is 3.18. The number of nitrogens with zero attached hydrogens (tertiary/aromatic N) is 1. The van der Waals surface area contributed by atoms with Gasteiger partial charge in [-0.05, 0) is 31.5 Å². The van der Waals surface area contributed by atoms with Gasteiger partial charge in [0.25, 0.3) is 0 Å². The Hall–Kier alpha value is -2.11. The quantitative estimate of drug-likeness (QED) is 0.863. The lowest BCUT2D eigenvalue weighted by Crippen LogP contribution is -2.19. The Morgan fingerprint density at radius 2 is 1.84 bits per heavy atom. The van der Waals surface area contributed by atoms with Crippen LogP contribution in [0.15, 0.2) is 29.1 Å². The van der Waals surface area contributed by atoms with Gasteiger partial charge in [-0.25, -0.2) is 4.79 Å². The van der Waals surface area contributed by atoms with Crippen LogP contribution >= 0.6 is 0 Å². The number of alkyl halides is 3. The molecule has 3 nitrogen and oxygen atoms in total. The van der Waals surface area contributed by atoms with Gasteiger partial charge in [-0.15, -0.1) is 0 Å². The molecule has 1 N–H and O–H groups in total. The van der Waals surface area contributed by atoms with Gasteiger partial charge in [-0.2, -0.15) is 18.2 Å². The molecule has 0 atom stereocenters. The first-order chi connectivity index (χ1) is 8.77. The van der Waals surface area contributed by atoms with E-state index >= 15 is 0 Å². The van der Waals surface area contributed by atoms with Crippen molar-refractivity contribution in [2.75, 3.05) is 0 Å². The first kappa shape index (κ1) is 13.3. The summed E-state index contributed by atoms with van der Waals surface area (Å²) in [6.45, 7) is 3.58. The normalized spacial score (nSPS) is 11.6. The van der Waals surface area contributed by atoms with Crippen molar-refractivity contribution in [3.05, 3.63) is 51.6 Å². The number of nitrogens with one attached hydrogen (secondary N) is 1. The summed E-state index contributed by atoms with van der Waals surface area (Å²) < 4.78 is 37.9. The van der Waals surface area contributed by atoms with Crippen LogP contribution in [-0.2, 0) is 6.18 Å². The minimum absolute atomic E-state index is 0.0253. The zero-order chi connectivity index (χ0) is 14.2. The van der Waals surface area contributed by atoms with E-state index in [0.29, 0.717) is 5.56 Å². The number of aryl methyl sites for hydroxylation is 2. The summed E-state index contributed by atoms with van der Waals surface area (Å²) in [7, 11) is 0. The molecule has 100 valence electrons. The molecule has 2 rings (SSSR count). The Morgan fingerprint density at radius 1 is 1.16 bits per heavy atom. The summed E-state index contributed by atoms with van der Waals surface area (Å²) in [5.74, 6) is 0. The van der Waals surface area contributed by atoms with E-state index in [1.807, 2.05) is 13.0 Å². The number of aromatic amines is 1. The van der Waals surface area contributed by atoms with E-state index in [4.69, 9.17) is 0 Å². The summed E-state index contributed by atoms with van der Waals surface area (Å²) in [4.78, 5) is 16.6. The van der Waals surface area contributed by atoms with Crippen LogP contribution in [0.1, 0.15) is 16.8 Å². The Balaban J connectivity index is 2.66. The summed E-state index contributed by atoms with van der Waals surface area (Å²) in [5.41, 5.74) is 0.0936. The van der Waals surface area contributed by atoms with Gasteiger partial charge in [0.1, 0.15) is 5.69 Å². The maximum Gasteiger partial charge on any atom is 0.431 e. The maximum absolute atomic E-state index is 12.6. The van der Waals surface area contributed by atoms with Crippen LogP contribution in [-0.4, -0.2) is 9.97 Å². The zero-order valence-corrected chi connectivity index (χ0v) is 10.3. The number of H-pyrrole nitrogens is 1. The highest BCUT2D eigenvalue weighted by Crippen LogP contribution is 2.30. The van der Waals surface area contributed by atoms with Crippen molar-refractivity contribution in [1.82, 2.24) is 9.97 Å². The first-order valence-electron chi connectivity index (χ1n) is 5.53. The lowest BCUT2D eigenvalue weighted by atomic mass is 10.0. The lowest BCUT2D eigenvalue weighted by molar-refractivity contribution is -0.141. The average Bonchev–Trinajstić information content (AvgIpc) is 2.30. The summed E-state index contributed by atoms with van der Waals surface area (Å²) >= 11 is 0. The molecule has 1 aromatic heterocycles. The van der Waals surface area contributed by atoms with Gasteiger partial charge in [0.15, 0.2) is 0 Å². The van der Waals surface area contributed by atoms with Crippen molar-refractivity contribution in [1.29, 1.82) is 0 Å². The third-order valence-corrected chi connectivity index (χ3v) is 2.72. The molecule has 0 unspecified atom stereocenters. The van der Waals surface area contributed by atoms with E-state index in [0.717, 1.165) is 17.2 Å². The molecular weight excluding hydrogens is 257 g/mol. The Labute approximate surface area is 107 Å². The van der Waals surface area contributed by atoms with E-state index < -0.39 is 17.6 Å². The van der Waals surface area contributed by atoms with Crippen molar-refractivity contribution >= 4 is 0 Å². The van der Waals surface area contributed by atoms with Crippen LogP contribution < -0.4 is 5.69 Å². The fourth-order valence-corrected chi connectivity index (χ4v) is 1.76. The van der Waals surface area contributed by atoms with Crippen LogP contribution in [0, 0.1) is 13.8 Å². The topological polar surface area (TPSA) is 45.8 Å². The predicted molar refractivity (Wildman–Crippen MR) is 64.8 cm³/mol. The van der Waals surface area contributed by atoms with Crippen LogP contribution in [0.25, 0.3) is 11.3 Å². The molecule has 0 bridgehead atoms. The molecule has 0 amide bonds. The highest BCUT2D eigenvalue weighted by atomic mass is 19.4. The number of aromatic nitrogens is 2. The summed E-state index contributed by atoms with van der Waals surface area (Å²) in [5, 5.41) is 0. The molecule has 1 heterocycles. The molecule has 0 aliphatic heterocycles. The van der Waals surface area contributed by atoms with Crippen molar-refractivity contribution in [3.63, 3.8) is 0 Å². The van der Waals surface area contributed by atoms with E-state index in [9.17, 15) is 18.0 Å². The van der Waals surface area contributed by atoms with Crippen molar-refractivity contribution in [3.8, 4) is 11.3 Å². The fourth-order valence-electron chi connectivity index (χ4n) is 1.76. The van der Waals surface area contributed by atoms with Gasteiger partial charge in [-0.3, -0.25) is 0 Å². The minimum Gasteiger partial charge on any atom is -0.302 e. The third-order valence-electron chi connectivity index (χ3n) is 2.72. The third kappa shape index (κ3) is 2.83. The van der Waals surface area contributed by atoms with Crippen LogP contribution in [0.2, 0.25) is 0 Å². The zero-order valence-electron chi connectivity index (χ0n) is 10.3. The van der Waals surface area contributed by atoms with Gasteiger partial charge >= 0.3 is 11.9 Å². The SMILES string of the molecule is Cc1ccc(C)c(-c2cc(C(F)(F)F)[nH]c(=O)n2)c1. The van der Waals surface area contributed by atoms with E-state index in [2.05, 4.69) is 4.98 Å². The molecule has 19 heavy (non-hydrogen) atoms. The largest absolute Gasteiger partial charge is 0.431 e. The molecule has 6 heteroatoms. The van der Waals surface area contributed by atoms with Gasteiger partial charge in [0.05, 0.1) is 5.69 Å². The van der Waals surface area contributed by atoms with Gasteiger partial charge in [-0.1, -0.05) is 17.7 Å². The number of rotatable bonds is 1. The van der Waals surface area contributed by atoms with Crippen molar-refractivity contribution in [2.45, 2.75) is 20.0 Å². The summed E-state index contributed by atoms with van der Waals surface area (Å²) in [6, 6.07) is 6.18. The van der Waals surface area contributed by atoms with Crippen LogP contribution in [0.4, 0.5) is 13.2 Å². The first-order valence-corrected chi connectivity index (χ1v) is 5.53. The number of benzene rings is 1. The fraction of sp³-hybridized carbons (Fsp3) is 0.231. The van der Waals surface area contributed by atoms with Crippen LogP contribution in [0.5, 0.6) is 0 Å². The maximum atomic E-state index is 12.6. The summed E-state index contributed by atoms with van der Waals surface area (Å²) in [6.07, 6.45) is -4.60. The molecule has 0 radical (unpaired) electrons. The molecule has 0 aliphatic rings. The Bertz CT molecular complexity index is 674. The van der Waals surface area contributed by atoms with Gasteiger partial charge in [0.2, 0.25) is 0 Å². The molecule has 0 spiro atoms. The minimum atomic E-state index is -4.60. The number of hydrogen-bond donors (Lipinski definition) is 1. The molecule has 0 saturated heterocycles. The molecule has 1 aromatic carbocycles. The molecule has 0 aliphatic carbocycles. The molecule has 0 fully saturated rings. The van der Waals surface area contributed by atoms with Gasteiger partial charge < -0.3 is 4.98 Å². The molecule has 0 saturated carbocycles. The second kappa shape index (κ2) is 4.53. The van der Waals surface area contributed by atoms with Gasteiger partial charge in [0, 0.05) is 5.56 Å². The number of halogens is 3. The molecule has 2 aromatic rings. The van der Waals surface area contributed by atoms with Crippen LogP contribution in [0.3, 0.4) is 0 Å². The van der Waals surface area contributed by atoms with Crippen molar-refractivity contribution in [2.24, 2.45) is 0 Å². The monoisotopic (exact) mass is 268 g/mol. The highest BCUT2D eigenvalue weighted by Gasteiger charge is 2.32. The average molecular weight is 268 g/mol. The second-order valence-electron chi connectivity index (χ2n) is 4.30. The van der Waals surface area contributed by atoms with E-state index in [-0.39, 0.29) is 5.69 Å². The highest BCUT2D eigenvalue weighted by molar-refractivity contribution is 5.64. The van der Waals surface area contributed by atoms with E-state index in [1.165, 1.54) is 0 Å². The lowest BCUT2D eigenvalue weighted by Gasteiger charge is -2.10. The second-order valence-corrected chi connectivity index (χ2v) is 4.30. The number of hydrogen-bond acceptors (Lipinski definition) is 2. The smallest absolute Gasteiger partial charge is 0.302 e. The standard InChI is InChI=1S/C13H11F3N2O/c1-7-3-4-8(2)9(5-7)10-6-11(13(14,15)16)18-12(19)17-10/h3-6H,1-2H3,(H,17,18,19). The predicted octanol–water partition coefficient (Wildman–Crippen LogP) is 3.07. The Morgan fingerprint density at radius 3 is 2.47 bits per heavy atom. The van der Waals surface area contributed by atoms with E-state index in [1.54, 1.807) is 24.0 Å².